The maximum atomic E-state index is 6.42. The summed E-state index contributed by atoms with van der Waals surface area (Å²) in [5.74, 6) is 1.48. The summed E-state index contributed by atoms with van der Waals surface area (Å²) in [5, 5.41) is 0. The summed E-state index contributed by atoms with van der Waals surface area (Å²) in [4.78, 5) is 0. The van der Waals surface area contributed by atoms with Crippen LogP contribution in [0.3, 0.4) is 0 Å². The Labute approximate surface area is 122 Å². The van der Waals surface area contributed by atoms with Gasteiger partial charge in [0.15, 0.2) is 0 Å². The van der Waals surface area contributed by atoms with Crippen molar-refractivity contribution in [1.29, 1.82) is 0 Å². The molecule has 1 aromatic rings. The van der Waals surface area contributed by atoms with Gasteiger partial charge in [-0.25, -0.2) is 0 Å². The first-order chi connectivity index (χ1) is 9.50. The second kappa shape index (κ2) is 4.11. The normalized spacial score (nSPS) is 41.1. The number of benzene rings is 1. The van der Waals surface area contributed by atoms with Gasteiger partial charge in [-0.15, -0.1) is 0 Å². The topological polar surface area (TPSA) is 18.5 Å². The Balaban J connectivity index is 1.53. The Kier molecular flexibility index (Phi) is 2.65. The molecular formula is C17H23BO2. The highest BCUT2D eigenvalue weighted by atomic mass is 16.7. The molecule has 1 aliphatic heterocycles. The van der Waals surface area contributed by atoms with Gasteiger partial charge in [-0.3, -0.25) is 0 Å². The van der Waals surface area contributed by atoms with E-state index >= 15 is 0 Å². The van der Waals surface area contributed by atoms with E-state index in [0.29, 0.717) is 17.4 Å². The van der Waals surface area contributed by atoms with Gasteiger partial charge in [0.25, 0.3) is 0 Å². The van der Waals surface area contributed by atoms with Crippen molar-refractivity contribution < 1.29 is 9.31 Å². The highest BCUT2D eigenvalue weighted by Gasteiger charge is 2.67. The van der Waals surface area contributed by atoms with E-state index in [9.17, 15) is 0 Å². The molecule has 3 heteroatoms. The largest absolute Gasteiger partial charge is 0.462 e. The molecule has 2 bridgehead atoms. The lowest BCUT2D eigenvalue weighted by Crippen LogP contribution is -2.65. The van der Waals surface area contributed by atoms with Gasteiger partial charge in [0.2, 0.25) is 0 Å². The Morgan fingerprint density at radius 2 is 1.90 bits per heavy atom. The maximum absolute atomic E-state index is 6.42. The van der Waals surface area contributed by atoms with Crippen molar-refractivity contribution in [2.75, 3.05) is 0 Å². The molecule has 4 atom stereocenters. The van der Waals surface area contributed by atoms with Crippen LogP contribution in [0, 0.1) is 17.3 Å². The van der Waals surface area contributed by atoms with Crippen LogP contribution in [-0.4, -0.2) is 18.8 Å². The molecule has 0 aromatic heterocycles. The first kappa shape index (κ1) is 12.9. The minimum absolute atomic E-state index is 0.0671. The molecule has 0 unspecified atom stereocenters. The summed E-state index contributed by atoms with van der Waals surface area (Å²) < 4.78 is 12.7. The molecular weight excluding hydrogens is 247 g/mol. The fraction of sp³-hybridized carbons (Fsp3) is 0.647. The van der Waals surface area contributed by atoms with E-state index in [1.807, 2.05) is 0 Å². The van der Waals surface area contributed by atoms with Crippen molar-refractivity contribution in [3.8, 4) is 0 Å². The average Bonchev–Trinajstić information content (AvgIpc) is 2.74. The SMILES string of the molecule is CC1(C)[C@@H]2C[C@H]3OB(Cc4ccccc4)O[C@@]3(C)[C@H]1C2. The van der Waals surface area contributed by atoms with Crippen LogP contribution in [0.1, 0.15) is 39.2 Å². The van der Waals surface area contributed by atoms with Crippen molar-refractivity contribution >= 4 is 7.12 Å². The molecule has 0 spiro atoms. The first-order valence-electron chi connectivity index (χ1n) is 7.87. The summed E-state index contributed by atoms with van der Waals surface area (Å²) in [6, 6.07) is 10.5. The Hall–Kier alpha value is -0.795. The molecule has 3 aliphatic carbocycles. The Morgan fingerprint density at radius 3 is 2.60 bits per heavy atom. The standard InChI is InChI=1S/C17H23BO2/c1-16(2)13-9-14(16)17(3)15(10-13)19-18(20-17)11-12-7-5-4-6-8-12/h4-8,13-15H,9-11H2,1-3H3/t13-,14-,15+,17-/m0/s1. The summed E-state index contributed by atoms with van der Waals surface area (Å²) >= 11 is 0. The number of hydrogen-bond acceptors (Lipinski definition) is 2. The highest BCUT2D eigenvalue weighted by Crippen LogP contribution is 2.65. The third-order valence-electron chi connectivity index (χ3n) is 6.25. The fourth-order valence-corrected chi connectivity index (χ4v) is 4.84. The molecule has 0 amide bonds. The van der Waals surface area contributed by atoms with Gasteiger partial charge in [-0.2, -0.15) is 0 Å². The average molecular weight is 270 g/mol. The fourth-order valence-electron chi connectivity index (χ4n) is 4.84. The van der Waals surface area contributed by atoms with E-state index in [0.717, 1.165) is 12.2 Å². The maximum Gasteiger partial charge on any atom is 0.462 e. The van der Waals surface area contributed by atoms with E-state index in [1.165, 1.54) is 18.4 Å². The van der Waals surface area contributed by atoms with Gasteiger partial charge in [-0.1, -0.05) is 49.7 Å². The Bertz CT molecular complexity index is 515. The van der Waals surface area contributed by atoms with Gasteiger partial charge >= 0.3 is 7.12 Å². The monoisotopic (exact) mass is 270 g/mol. The van der Waals surface area contributed by atoms with Crippen molar-refractivity contribution in [3.63, 3.8) is 0 Å². The van der Waals surface area contributed by atoms with Crippen LogP contribution < -0.4 is 0 Å². The third-order valence-corrected chi connectivity index (χ3v) is 6.25. The minimum atomic E-state index is -0.0717. The van der Waals surface area contributed by atoms with Crippen molar-refractivity contribution in [1.82, 2.24) is 0 Å². The van der Waals surface area contributed by atoms with E-state index < -0.39 is 0 Å². The van der Waals surface area contributed by atoms with E-state index in [4.69, 9.17) is 9.31 Å². The van der Waals surface area contributed by atoms with E-state index in [1.54, 1.807) is 0 Å². The lowest BCUT2D eigenvalue weighted by atomic mass is 9.43. The summed E-state index contributed by atoms with van der Waals surface area (Å²) in [5.41, 5.74) is 1.65. The predicted molar refractivity (Wildman–Crippen MR) is 80.3 cm³/mol. The van der Waals surface area contributed by atoms with Gasteiger partial charge in [-0.05, 0) is 37.0 Å². The van der Waals surface area contributed by atoms with Crippen LogP contribution in [0.5, 0.6) is 0 Å². The second-order valence-corrected chi connectivity index (χ2v) is 7.59. The summed E-state index contributed by atoms with van der Waals surface area (Å²) in [6.07, 6.45) is 3.66. The smallest absolute Gasteiger partial charge is 0.405 e. The molecule has 5 rings (SSSR count). The molecule has 1 saturated heterocycles. The summed E-state index contributed by atoms with van der Waals surface area (Å²) in [6.45, 7) is 7.09. The molecule has 0 radical (unpaired) electrons. The van der Waals surface area contributed by atoms with Crippen LogP contribution in [0.2, 0.25) is 0 Å². The van der Waals surface area contributed by atoms with Gasteiger partial charge in [0, 0.05) is 6.32 Å². The van der Waals surface area contributed by atoms with Gasteiger partial charge in [0.1, 0.15) is 0 Å². The summed E-state index contributed by atoms with van der Waals surface area (Å²) in [7, 11) is -0.0671. The van der Waals surface area contributed by atoms with Crippen molar-refractivity contribution in [3.05, 3.63) is 35.9 Å². The molecule has 2 nitrogen and oxygen atoms in total. The molecule has 4 fully saturated rings. The molecule has 4 aliphatic rings. The van der Waals surface area contributed by atoms with E-state index in [-0.39, 0.29) is 12.7 Å². The van der Waals surface area contributed by atoms with Crippen LogP contribution in [0.25, 0.3) is 0 Å². The molecule has 106 valence electrons. The Morgan fingerprint density at radius 1 is 1.15 bits per heavy atom. The zero-order valence-electron chi connectivity index (χ0n) is 12.6. The zero-order valence-corrected chi connectivity index (χ0v) is 12.6. The third kappa shape index (κ3) is 1.66. The van der Waals surface area contributed by atoms with Gasteiger partial charge in [0.05, 0.1) is 11.7 Å². The minimum Gasteiger partial charge on any atom is -0.405 e. The van der Waals surface area contributed by atoms with Crippen molar-refractivity contribution in [2.24, 2.45) is 17.3 Å². The first-order valence-corrected chi connectivity index (χ1v) is 7.87. The van der Waals surface area contributed by atoms with E-state index in [2.05, 4.69) is 51.1 Å². The predicted octanol–water partition coefficient (Wildman–Crippen LogP) is 3.50. The number of hydrogen-bond donors (Lipinski definition) is 0. The second-order valence-electron chi connectivity index (χ2n) is 7.59. The lowest BCUT2D eigenvalue weighted by Gasteiger charge is -2.64. The lowest BCUT2D eigenvalue weighted by molar-refractivity contribution is -0.199. The van der Waals surface area contributed by atoms with Crippen molar-refractivity contribution in [2.45, 2.75) is 51.6 Å². The number of rotatable bonds is 2. The molecule has 1 heterocycles. The van der Waals surface area contributed by atoms with Gasteiger partial charge < -0.3 is 9.31 Å². The molecule has 20 heavy (non-hydrogen) atoms. The molecule has 1 aromatic carbocycles. The van der Waals surface area contributed by atoms with Crippen LogP contribution in [0.15, 0.2) is 30.3 Å². The highest BCUT2D eigenvalue weighted by molar-refractivity contribution is 6.44. The van der Waals surface area contributed by atoms with Crippen LogP contribution in [0.4, 0.5) is 0 Å². The van der Waals surface area contributed by atoms with Crippen LogP contribution >= 0.6 is 0 Å². The quantitative estimate of drug-likeness (QED) is 0.766. The van der Waals surface area contributed by atoms with Crippen LogP contribution in [-0.2, 0) is 15.6 Å². The molecule has 3 saturated carbocycles. The molecule has 0 N–H and O–H groups in total. The zero-order chi connectivity index (χ0) is 14.0.